The van der Waals surface area contributed by atoms with Crippen LogP contribution < -0.4 is 4.90 Å². The van der Waals surface area contributed by atoms with Gasteiger partial charge in [0.2, 0.25) is 5.91 Å². The van der Waals surface area contributed by atoms with E-state index in [2.05, 4.69) is 45.9 Å². The Bertz CT molecular complexity index is 515. The molecule has 3 rings (SSSR count). The first kappa shape index (κ1) is 16.3. The minimum Gasteiger partial charge on any atom is -0.368 e. The number of hydrogen-bond acceptors (Lipinski definition) is 3. The molecule has 0 aliphatic carbocycles. The van der Waals surface area contributed by atoms with Crippen LogP contribution in [0, 0.1) is 6.92 Å². The molecule has 0 radical (unpaired) electrons. The maximum absolute atomic E-state index is 12.5. The highest BCUT2D eigenvalue weighted by molar-refractivity contribution is 5.78. The third-order valence-corrected chi connectivity index (χ3v) is 5.06. The lowest BCUT2D eigenvalue weighted by molar-refractivity contribution is -0.132. The van der Waals surface area contributed by atoms with Crippen LogP contribution in [0.3, 0.4) is 0 Å². The average Bonchev–Trinajstić information content (AvgIpc) is 2.84. The number of nitrogens with zero attached hydrogens (tertiary/aromatic N) is 3. The Kier molecular flexibility index (Phi) is 5.55. The Morgan fingerprint density at radius 2 is 1.65 bits per heavy atom. The van der Waals surface area contributed by atoms with Crippen LogP contribution in [0.25, 0.3) is 0 Å². The quantitative estimate of drug-likeness (QED) is 0.857. The van der Waals surface area contributed by atoms with E-state index in [1.807, 2.05) is 0 Å². The number of rotatable bonds is 3. The standard InChI is InChI=1S/C19H29N3O/c1-17-7-6-8-18(15-17)21-11-13-22(14-12-21)19(23)16-20-9-4-2-3-5-10-20/h6-8,15H,2-5,9-14,16H2,1H3. The van der Waals surface area contributed by atoms with Crippen molar-refractivity contribution in [3.63, 3.8) is 0 Å². The minimum absolute atomic E-state index is 0.316. The van der Waals surface area contributed by atoms with E-state index in [1.54, 1.807) is 0 Å². The molecule has 1 aromatic rings. The molecular weight excluding hydrogens is 286 g/mol. The summed E-state index contributed by atoms with van der Waals surface area (Å²) in [5.41, 5.74) is 2.58. The van der Waals surface area contributed by atoms with Gasteiger partial charge in [-0.05, 0) is 50.6 Å². The monoisotopic (exact) mass is 315 g/mol. The Hall–Kier alpha value is -1.55. The first-order valence-corrected chi connectivity index (χ1v) is 9.04. The van der Waals surface area contributed by atoms with E-state index < -0.39 is 0 Å². The zero-order valence-corrected chi connectivity index (χ0v) is 14.3. The molecule has 2 saturated heterocycles. The van der Waals surface area contributed by atoms with Gasteiger partial charge in [0.15, 0.2) is 0 Å². The van der Waals surface area contributed by atoms with Gasteiger partial charge in [-0.15, -0.1) is 0 Å². The van der Waals surface area contributed by atoms with E-state index in [9.17, 15) is 4.79 Å². The molecule has 4 heteroatoms. The topological polar surface area (TPSA) is 26.8 Å². The molecule has 1 amide bonds. The largest absolute Gasteiger partial charge is 0.368 e. The third kappa shape index (κ3) is 4.47. The molecule has 0 N–H and O–H groups in total. The van der Waals surface area contributed by atoms with Crippen molar-refractivity contribution in [1.82, 2.24) is 9.80 Å². The smallest absolute Gasteiger partial charge is 0.236 e. The number of anilines is 1. The Morgan fingerprint density at radius 1 is 0.957 bits per heavy atom. The molecule has 0 aromatic heterocycles. The van der Waals surface area contributed by atoms with Crippen molar-refractivity contribution in [2.75, 3.05) is 50.7 Å². The number of carbonyl (C=O) groups is 1. The normalized spacial score (nSPS) is 20.4. The van der Waals surface area contributed by atoms with Crippen LogP contribution in [0.4, 0.5) is 5.69 Å². The molecule has 23 heavy (non-hydrogen) atoms. The van der Waals surface area contributed by atoms with Crippen molar-refractivity contribution in [3.8, 4) is 0 Å². The summed E-state index contributed by atoms with van der Waals surface area (Å²) >= 11 is 0. The predicted molar refractivity (Wildman–Crippen MR) is 94.9 cm³/mol. The maximum atomic E-state index is 12.5. The van der Waals surface area contributed by atoms with E-state index in [4.69, 9.17) is 0 Å². The van der Waals surface area contributed by atoms with Crippen molar-refractivity contribution in [2.45, 2.75) is 32.6 Å². The van der Waals surface area contributed by atoms with Crippen LogP contribution in [-0.2, 0) is 4.79 Å². The van der Waals surface area contributed by atoms with Crippen LogP contribution in [-0.4, -0.2) is 61.5 Å². The molecule has 0 atom stereocenters. The van der Waals surface area contributed by atoms with Gasteiger partial charge in [-0.25, -0.2) is 0 Å². The first-order valence-electron chi connectivity index (χ1n) is 9.04. The van der Waals surface area contributed by atoms with Gasteiger partial charge in [0.1, 0.15) is 0 Å². The molecular formula is C19H29N3O. The van der Waals surface area contributed by atoms with Gasteiger partial charge in [-0.2, -0.15) is 0 Å². The van der Waals surface area contributed by atoms with Crippen molar-refractivity contribution in [3.05, 3.63) is 29.8 Å². The summed E-state index contributed by atoms with van der Waals surface area (Å²) in [6, 6.07) is 8.64. The van der Waals surface area contributed by atoms with E-state index >= 15 is 0 Å². The second kappa shape index (κ2) is 7.82. The molecule has 2 fully saturated rings. The number of piperazine rings is 1. The lowest BCUT2D eigenvalue weighted by atomic mass is 10.2. The SMILES string of the molecule is Cc1cccc(N2CCN(C(=O)CN3CCCCCC3)CC2)c1. The lowest BCUT2D eigenvalue weighted by Gasteiger charge is -2.37. The first-order chi connectivity index (χ1) is 11.2. The van der Waals surface area contributed by atoms with E-state index in [0.717, 1.165) is 39.3 Å². The summed E-state index contributed by atoms with van der Waals surface area (Å²) in [5, 5.41) is 0. The molecule has 2 aliphatic rings. The summed E-state index contributed by atoms with van der Waals surface area (Å²) in [6.07, 6.45) is 5.13. The molecule has 2 heterocycles. The van der Waals surface area contributed by atoms with Gasteiger partial charge in [0.25, 0.3) is 0 Å². The highest BCUT2D eigenvalue weighted by Crippen LogP contribution is 2.18. The highest BCUT2D eigenvalue weighted by Gasteiger charge is 2.23. The maximum Gasteiger partial charge on any atom is 0.236 e. The summed E-state index contributed by atoms with van der Waals surface area (Å²) in [6.45, 7) is 8.50. The van der Waals surface area contributed by atoms with Gasteiger partial charge in [-0.3, -0.25) is 9.69 Å². The fraction of sp³-hybridized carbons (Fsp3) is 0.632. The minimum atomic E-state index is 0.316. The van der Waals surface area contributed by atoms with E-state index in [0.29, 0.717) is 12.5 Å². The van der Waals surface area contributed by atoms with Crippen LogP contribution in [0.2, 0.25) is 0 Å². The molecule has 0 spiro atoms. The van der Waals surface area contributed by atoms with Gasteiger partial charge in [0.05, 0.1) is 6.54 Å². The Labute approximate surface area is 140 Å². The van der Waals surface area contributed by atoms with Crippen molar-refractivity contribution in [1.29, 1.82) is 0 Å². The van der Waals surface area contributed by atoms with Gasteiger partial charge in [-0.1, -0.05) is 25.0 Å². The fourth-order valence-electron chi connectivity index (χ4n) is 3.62. The highest BCUT2D eigenvalue weighted by atomic mass is 16.2. The third-order valence-electron chi connectivity index (χ3n) is 5.06. The molecule has 126 valence electrons. The second-order valence-corrected chi connectivity index (χ2v) is 6.90. The van der Waals surface area contributed by atoms with E-state index in [1.165, 1.54) is 36.9 Å². The summed E-state index contributed by atoms with van der Waals surface area (Å²) in [7, 11) is 0. The predicted octanol–water partition coefficient (Wildman–Crippen LogP) is 2.52. The Morgan fingerprint density at radius 3 is 2.30 bits per heavy atom. The van der Waals surface area contributed by atoms with Gasteiger partial charge in [0, 0.05) is 31.9 Å². The number of hydrogen-bond donors (Lipinski definition) is 0. The average molecular weight is 315 g/mol. The molecule has 1 aromatic carbocycles. The molecule has 0 bridgehead atoms. The van der Waals surface area contributed by atoms with Crippen molar-refractivity contribution >= 4 is 11.6 Å². The van der Waals surface area contributed by atoms with Crippen LogP contribution in [0.5, 0.6) is 0 Å². The van der Waals surface area contributed by atoms with E-state index in [-0.39, 0.29) is 0 Å². The van der Waals surface area contributed by atoms with Crippen LogP contribution in [0.15, 0.2) is 24.3 Å². The molecule has 0 unspecified atom stereocenters. The molecule has 4 nitrogen and oxygen atoms in total. The van der Waals surface area contributed by atoms with Gasteiger partial charge >= 0.3 is 0 Å². The van der Waals surface area contributed by atoms with Crippen LogP contribution in [0.1, 0.15) is 31.2 Å². The number of likely N-dealkylation sites (tertiary alicyclic amines) is 1. The zero-order valence-electron chi connectivity index (χ0n) is 14.3. The number of aryl methyl sites for hydroxylation is 1. The summed E-state index contributed by atoms with van der Waals surface area (Å²) in [5.74, 6) is 0.316. The second-order valence-electron chi connectivity index (χ2n) is 6.90. The van der Waals surface area contributed by atoms with Crippen LogP contribution >= 0.6 is 0 Å². The van der Waals surface area contributed by atoms with Crippen molar-refractivity contribution < 1.29 is 4.79 Å². The molecule has 0 saturated carbocycles. The number of carbonyl (C=O) groups excluding carboxylic acids is 1. The van der Waals surface area contributed by atoms with Crippen molar-refractivity contribution in [2.24, 2.45) is 0 Å². The zero-order chi connectivity index (χ0) is 16.1. The lowest BCUT2D eigenvalue weighted by Crippen LogP contribution is -2.51. The number of amides is 1. The summed E-state index contributed by atoms with van der Waals surface area (Å²) < 4.78 is 0. The Balaban J connectivity index is 1.49. The summed E-state index contributed by atoms with van der Waals surface area (Å²) in [4.78, 5) is 19.3. The van der Waals surface area contributed by atoms with Gasteiger partial charge < -0.3 is 9.80 Å². The fourth-order valence-corrected chi connectivity index (χ4v) is 3.62. The molecule has 2 aliphatic heterocycles. The number of benzene rings is 1.